The summed E-state index contributed by atoms with van der Waals surface area (Å²) in [4.78, 5) is 0. The number of hydrogen-bond donors (Lipinski definition) is 2. The summed E-state index contributed by atoms with van der Waals surface area (Å²) in [5, 5.41) is 14.9. The van der Waals surface area contributed by atoms with Gasteiger partial charge in [-0.2, -0.15) is 0 Å². The van der Waals surface area contributed by atoms with Crippen molar-refractivity contribution in [3.05, 3.63) is 119 Å². The zero-order valence-corrected chi connectivity index (χ0v) is 21.4. The van der Waals surface area contributed by atoms with Crippen LogP contribution in [0.25, 0.3) is 0 Å². The summed E-state index contributed by atoms with van der Waals surface area (Å²) in [6.45, 7) is 0.757. The van der Waals surface area contributed by atoms with Crippen LogP contribution in [0.5, 0.6) is 23.0 Å². The average Bonchev–Trinajstić information content (AvgIpc) is 2.96. The molecule has 0 aliphatic carbocycles. The van der Waals surface area contributed by atoms with Crippen LogP contribution in [0, 0.1) is 0 Å². The topological polar surface area (TPSA) is 69.2 Å². The maximum atomic E-state index is 11.6. The van der Waals surface area contributed by atoms with Crippen LogP contribution in [0.4, 0.5) is 0 Å². The Labute approximate surface area is 218 Å². The third-order valence-electron chi connectivity index (χ3n) is 6.20. The van der Waals surface area contributed by atoms with Gasteiger partial charge >= 0.3 is 0 Å². The van der Waals surface area contributed by atoms with E-state index < -0.39 is 12.1 Å². The molecule has 6 heteroatoms. The van der Waals surface area contributed by atoms with Crippen molar-refractivity contribution in [2.45, 2.75) is 25.4 Å². The standard InChI is InChI=1S/C31H33NO5/c1-32-30(26-16-14-24(34-2)18-28(26)36-20-22-10-6-4-7-11-22)31(33)27-17-15-25(35-3)19-29(27)37-21-23-12-8-5-9-13-23/h4-19,30-33H,20-21H2,1-3H3/t30-,31+/m1/s1. The molecule has 0 heterocycles. The van der Waals surface area contributed by atoms with E-state index in [4.69, 9.17) is 18.9 Å². The largest absolute Gasteiger partial charge is 0.497 e. The Morgan fingerprint density at radius 3 is 1.57 bits per heavy atom. The molecular formula is C31H33NO5. The minimum absolute atomic E-state index is 0.367. The van der Waals surface area contributed by atoms with E-state index in [1.165, 1.54) is 0 Å². The maximum Gasteiger partial charge on any atom is 0.129 e. The van der Waals surface area contributed by atoms with Gasteiger partial charge in [-0.1, -0.05) is 60.7 Å². The number of aliphatic hydroxyl groups excluding tert-OH is 1. The van der Waals surface area contributed by atoms with E-state index in [1.54, 1.807) is 20.3 Å². The number of ether oxygens (including phenoxy) is 4. The van der Waals surface area contributed by atoms with Gasteiger partial charge in [0.2, 0.25) is 0 Å². The molecule has 4 aromatic carbocycles. The van der Waals surface area contributed by atoms with E-state index in [-0.39, 0.29) is 0 Å². The summed E-state index contributed by atoms with van der Waals surface area (Å²) in [5.41, 5.74) is 3.52. The predicted octanol–water partition coefficient (Wildman–Crippen LogP) is 5.86. The lowest BCUT2D eigenvalue weighted by Gasteiger charge is -2.27. The fourth-order valence-electron chi connectivity index (χ4n) is 4.17. The average molecular weight is 500 g/mol. The molecule has 0 radical (unpaired) electrons. The summed E-state index contributed by atoms with van der Waals surface area (Å²) in [5.74, 6) is 2.50. The monoisotopic (exact) mass is 499 g/mol. The molecule has 0 bridgehead atoms. The lowest BCUT2D eigenvalue weighted by molar-refractivity contribution is 0.125. The summed E-state index contributed by atoms with van der Waals surface area (Å²) < 4.78 is 23.3. The van der Waals surface area contributed by atoms with Crippen molar-refractivity contribution in [3.63, 3.8) is 0 Å². The van der Waals surface area contributed by atoms with Gasteiger partial charge in [0.1, 0.15) is 42.3 Å². The molecule has 0 unspecified atom stereocenters. The minimum atomic E-state index is -0.936. The van der Waals surface area contributed by atoms with Gasteiger partial charge in [-0.3, -0.25) is 0 Å². The van der Waals surface area contributed by atoms with Gasteiger partial charge in [-0.25, -0.2) is 0 Å². The maximum absolute atomic E-state index is 11.6. The number of methoxy groups -OCH3 is 2. The van der Waals surface area contributed by atoms with Crippen molar-refractivity contribution < 1.29 is 24.1 Å². The highest BCUT2D eigenvalue weighted by atomic mass is 16.5. The van der Waals surface area contributed by atoms with E-state index in [0.717, 1.165) is 16.7 Å². The van der Waals surface area contributed by atoms with Crippen LogP contribution in [-0.4, -0.2) is 26.4 Å². The summed E-state index contributed by atoms with van der Waals surface area (Å²) in [6, 6.07) is 30.5. The second-order valence-corrected chi connectivity index (χ2v) is 8.57. The summed E-state index contributed by atoms with van der Waals surface area (Å²) >= 11 is 0. The molecule has 37 heavy (non-hydrogen) atoms. The molecule has 6 nitrogen and oxygen atoms in total. The molecule has 0 aromatic heterocycles. The first-order chi connectivity index (χ1) is 18.1. The minimum Gasteiger partial charge on any atom is -0.497 e. The van der Waals surface area contributed by atoms with Crippen LogP contribution in [0.15, 0.2) is 97.1 Å². The summed E-state index contributed by atoms with van der Waals surface area (Å²) in [6.07, 6.45) is -0.936. The zero-order valence-electron chi connectivity index (χ0n) is 21.4. The normalized spacial score (nSPS) is 12.4. The molecule has 4 rings (SSSR count). The van der Waals surface area contributed by atoms with E-state index in [0.29, 0.717) is 41.8 Å². The van der Waals surface area contributed by atoms with Crippen LogP contribution < -0.4 is 24.3 Å². The zero-order chi connectivity index (χ0) is 26.0. The molecule has 192 valence electrons. The number of hydrogen-bond acceptors (Lipinski definition) is 6. The van der Waals surface area contributed by atoms with Gasteiger partial charge < -0.3 is 29.4 Å². The summed E-state index contributed by atoms with van der Waals surface area (Å²) in [7, 11) is 5.04. The third-order valence-corrected chi connectivity index (χ3v) is 6.20. The fraction of sp³-hybridized carbons (Fsp3) is 0.226. The Morgan fingerprint density at radius 1 is 0.649 bits per heavy atom. The number of rotatable bonds is 12. The third kappa shape index (κ3) is 6.61. The quantitative estimate of drug-likeness (QED) is 0.255. The van der Waals surface area contributed by atoms with E-state index in [9.17, 15) is 5.11 Å². The molecule has 4 aromatic rings. The van der Waals surface area contributed by atoms with Crippen molar-refractivity contribution in [2.24, 2.45) is 0 Å². The van der Waals surface area contributed by atoms with Gasteiger partial charge in [0.05, 0.1) is 20.3 Å². The molecule has 0 spiro atoms. The Kier molecular flexibility index (Phi) is 9.03. The number of aliphatic hydroxyl groups is 1. The molecule has 0 fully saturated rings. The van der Waals surface area contributed by atoms with Gasteiger partial charge in [-0.05, 0) is 42.4 Å². The fourth-order valence-corrected chi connectivity index (χ4v) is 4.17. The van der Waals surface area contributed by atoms with Crippen LogP contribution in [0.3, 0.4) is 0 Å². The smallest absolute Gasteiger partial charge is 0.129 e. The second-order valence-electron chi connectivity index (χ2n) is 8.57. The lowest BCUT2D eigenvalue weighted by atomic mass is 9.94. The number of nitrogens with one attached hydrogen (secondary N) is 1. The van der Waals surface area contributed by atoms with E-state index in [1.807, 2.05) is 98.0 Å². The molecular weight excluding hydrogens is 466 g/mol. The highest BCUT2D eigenvalue weighted by Gasteiger charge is 2.27. The first-order valence-electron chi connectivity index (χ1n) is 12.2. The Balaban J connectivity index is 1.64. The van der Waals surface area contributed by atoms with Crippen molar-refractivity contribution in [1.29, 1.82) is 0 Å². The molecule has 0 amide bonds. The molecule has 0 aliphatic rings. The van der Waals surface area contributed by atoms with Gasteiger partial charge in [0.15, 0.2) is 0 Å². The van der Waals surface area contributed by atoms with Crippen molar-refractivity contribution in [2.75, 3.05) is 21.3 Å². The van der Waals surface area contributed by atoms with E-state index >= 15 is 0 Å². The van der Waals surface area contributed by atoms with E-state index in [2.05, 4.69) is 5.32 Å². The molecule has 0 saturated heterocycles. The molecule has 0 saturated carbocycles. The SMILES string of the molecule is CN[C@H](c1ccc(OC)cc1OCc1ccccc1)[C@@H](O)c1ccc(OC)cc1OCc1ccccc1. The van der Waals surface area contributed by atoms with Gasteiger partial charge in [-0.15, -0.1) is 0 Å². The number of benzene rings is 4. The van der Waals surface area contributed by atoms with Crippen LogP contribution in [0.2, 0.25) is 0 Å². The van der Waals surface area contributed by atoms with Crippen LogP contribution in [-0.2, 0) is 13.2 Å². The second kappa shape index (κ2) is 12.8. The Bertz CT molecular complexity index is 1260. The van der Waals surface area contributed by atoms with Crippen LogP contribution in [0.1, 0.15) is 34.4 Å². The molecule has 0 aliphatic heterocycles. The van der Waals surface area contributed by atoms with Crippen molar-refractivity contribution in [3.8, 4) is 23.0 Å². The lowest BCUT2D eigenvalue weighted by Crippen LogP contribution is -2.25. The van der Waals surface area contributed by atoms with Crippen LogP contribution >= 0.6 is 0 Å². The Morgan fingerprint density at radius 2 is 1.11 bits per heavy atom. The van der Waals surface area contributed by atoms with Crippen molar-refractivity contribution in [1.82, 2.24) is 5.32 Å². The van der Waals surface area contributed by atoms with Gasteiger partial charge in [0, 0.05) is 23.3 Å². The van der Waals surface area contributed by atoms with Gasteiger partial charge in [0.25, 0.3) is 0 Å². The predicted molar refractivity (Wildman–Crippen MR) is 144 cm³/mol. The molecule has 2 atom stereocenters. The highest BCUT2D eigenvalue weighted by molar-refractivity contribution is 5.47. The van der Waals surface area contributed by atoms with Crippen molar-refractivity contribution >= 4 is 0 Å². The first-order valence-corrected chi connectivity index (χ1v) is 12.2. The highest BCUT2D eigenvalue weighted by Crippen LogP contribution is 2.40. The molecule has 2 N–H and O–H groups in total. The first kappa shape index (κ1) is 26.1. The Hall–Kier alpha value is -4.00. The number of likely N-dealkylation sites (N-methyl/N-ethyl adjacent to an activating group) is 1.